The molecule has 0 radical (unpaired) electrons. The Morgan fingerprint density at radius 1 is 1.04 bits per heavy atom. The predicted molar refractivity (Wildman–Crippen MR) is 99.2 cm³/mol. The molecule has 0 bridgehead atoms. The summed E-state index contributed by atoms with van der Waals surface area (Å²) in [7, 11) is 3.81. The van der Waals surface area contributed by atoms with Gasteiger partial charge in [-0.3, -0.25) is 0 Å². The van der Waals surface area contributed by atoms with Gasteiger partial charge in [-0.2, -0.15) is 0 Å². The molecule has 0 aliphatic carbocycles. The Kier molecular flexibility index (Phi) is 4.91. The molecular formula is C21H24NO3+. The maximum absolute atomic E-state index is 12.0. The maximum atomic E-state index is 12.0. The maximum Gasteiger partial charge on any atom is 0.336 e. The smallest absolute Gasteiger partial charge is 0.336 e. The fourth-order valence-corrected chi connectivity index (χ4v) is 3.23. The Bertz CT molecular complexity index is 959. The molecule has 4 nitrogen and oxygen atoms in total. The SMILES string of the molecule is COc1ccccc1C[NH+](C)Cc1cc(=O)oc2c(C)c(C)ccc12. The van der Waals surface area contributed by atoms with E-state index in [-0.39, 0.29) is 5.63 Å². The lowest BCUT2D eigenvalue weighted by molar-refractivity contribution is -0.907. The average Bonchev–Trinajstić information content (AvgIpc) is 2.59. The van der Waals surface area contributed by atoms with Crippen LogP contribution in [0.5, 0.6) is 5.75 Å². The third-order valence-electron chi connectivity index (χ3n) is 4.69. The lowest BCUT2D eigenvalue weighted by Crippen LogP contribution is -3.06. The summed E-state index contributed by atoms with van der Waals surface area (Å²) in [6.45, 7) is 5.58. The molecule has 1 N–H and O–H groups in total. The quantitative estimate of drug-likeness (QED) is 0.728. The van der Waals surface area contributed by atoms with Crippen LogP contribution in [0.25, 0.3) is 11.0 Å². The first-order chi connectivity index (χ1) is 12.0. The van der Waals surface area contributed by atoms with E-state index >= 15 is 0 Å². The molecule has 0 aliphatic heterocycles. The Morgan fingerprint density at radius 3 is 2.52 bits per heavy atom. The molecule has 1 unspecified atom stereocenters. The summed E-state index contributed by atoms with van der Waals surface area (Å²) in [6.07, 6.45) is 0. The topological polar surface area (TPSA) is 43.9 Å². The number of aryl methyl sites for hydroxylation is 2. The minimum Gasteiger partial charge on any atom is -0.496 e. The van der Waals surface area contributed by atoms with Gasteiger partial charge < -0.3 is 14.1 Å². The molecular weight excluding hydrogens is 314 g/mol. The molecule has 3 rings (SSSR count). The van der Waals surface area contributed by atoms with E-state index in [4.69, 9.17) is 9.15 Å². The lowest BCUT2D eigenvalue weighted by Gasteiger charge is -2.17. The van der Waals surface area contributed by atoms with Crippen molar-refractivity contribution in [2.24, 2.45) is 0 Å². The van der Waals surface area contributed by atoms with E-state index in [0.29, 0.717) is 5.58 Å². The highest BCUT2D eigenvalue weighted by molar-refractivity contribution is 5.83. The zero-order chi connectivity index (χ0) is 18.0. The van der Waals surface area contributed by atoms with E-state index < -0.39 is 0 Å². The minimum absolute atomic E-state index is 0.290. The van der Waals surface area contributed by atoms with Gasteiger partial charge in [0.1, 0.15) is 24.4 Å². The van der Waals surface area contributed by atoms with Gasteiger partial charge in [-0.25, -0.2) is 4.79 Å². The predicted octanol–water partition coefficient (Wildman–Crippen LogP) is 2.63. The summed E-state index contributed by atoms with van der Waals surface area (Å²) in [5, 5.41) is 1.02. The Balaban J connectivity index is 1.92. The zero-order valence-corrected chi connectivity index (χ0v) is 15.2. The van der Waals surface area contributed by atoms with Crippen molar-refractivity contribution in [1.29, 1.82) is 0 Å². The van der Waals surface area contributed by atoms with Crippen molar-refractivity contribution >= 4 is 11.0 Å². The number of hydrogen-bond donors (Lipinski definition) is 1. The van der Waals surface area contributed by atoms with Gasteiger partial charge in [0.2, 0.25) is 0 Å². The molecule has 0 amide bonds. The number of rotatable bonds is 5. The molecule has 0 aliphatic rings. The fourth-order valence-electron chi connectivity index (χ4n) is 3.23. The molecule has 1 heterocycles. The number of fused-ring (bicyclic) bond motifs is 1. The van der Waals surface area contributed by atoms with Gasteiger partial charge in [-0.1, -0.05) is 24.3 Å². The van der Waals surface area contributed by atoms with E-state index in [9.17, 15) is 4.79 Å². The number of benzene rings is 2. The van der Waals surface area contributed by atoms with Gasteiger partial charge in [0.25, 0.3) is 0 Å². The van der Waals surface area contributed by atoms with Crippen molar-refractivity contribution < 1.29 is 14.1 Å². The van der Waals surface area contributed by atoms with Gasteiger partial charge in [0.05, 0.1) is 14.2 Å². The molecule has 25 heavy (non-hydrogen) atoms. The third kappa shape index (κ3) is 3.59. The van der Waals surface area contributed by atoms with Crippen molar-refractivity contribution in [3.63, 3.8) is 0 Å². The second-order valence-corrected chi connectivity index (χ2v) is 6.60. The summed E-state index contributed by atoms with van der Waals surface area (Å²) in [4.78, 5) is 13.3. The highest BCUT2D eigenvalue weighted by Crippen LogP contribution is 2.23. The van der Waals surface area contributed by atoms with Crippen LogP contribution < -0.4 is 15.3 Å². The highest BCUT2D eigenvalue weighted by Gasteiger charge is 2.14. The Morgan fingerprint density at radius 2 is 1.76 bits per heavy atom. The molecule has 1 atom stereocenters. The van der Waals surface area contributed by atoms with E-state index in [1.165, 1.54) is 4.90 Å². The standard InChI is InChI=1S/C21H23NO3/c1-14-9-10-18-17(11-20(23)25-21(18)15(14)2)13-22(3)12-16-7-5-6-8-19(16)24-4/h5-11H,12-13H2,1-4H3/p+1. The van der Waals surface area contributed by atoms with Crippen LogP contribution in [0, 0.1) is 13.8 Å². The monoisotopic (exact) mass is 338 g/mol. The van der Waals surface area contributed by atoms with Crippen molar-refractivity contribution in [2.45, 2.75) is 26.9 Å². The molecule has 0 saturated heterocycles. The summed E-state index contributed by atoms with van der Waals surface area (Å²) < 4.78 is 10.9. The number of methoxy groups -OCH3 is 1. The van der Waals surface area contributed by atoms with Crippen LogP contribution in [0.4, 0.5) is 0 Å². The molecule has 0 saturated carbocycles. The van der Waals surface area contributed by atoms with Crippen molar-refractivity contribution in [3.8, 4) is 5.75 Å². The summed E-state index contributed by atoms with van der Waals surface area (Å²) in [6, 6.07) is 13.8. The second kappa shape index (κ2) is 7.11. The van der Waals surface area contributed by atoms with Crippen LogP contribution in [0.3, 0.4) is 0 Å². The number of quaternary nitrogens is 1. The van der Waals surface area contributed by atoms with Crippen LogP contribution in [0.2, 0.25) is 0 Å². The minimum atomic E-state index is -0.290. The third-order valence-corrected chi connectivity index (χ3v) is 4.69. The second-order valence-electron chi connectivity index (χ2n) is 6.60. The van der Waals surface area contributed by atoms with Gasteiger partial charge in [0, 0.05) is 22.6 Å². The van der Waals surface area contributed by atoms with Gasteiger partial charge >= 0.3 is 5.63 Å². The normalized spacial score (nSPS) is 12.3. The van der Waals surface area contributed by atoms with E-state index in [1.807, 2.05) is 38.1 Å². The van der Waals surface area contributed by atoms with Gasteiger partial charge in [-0.15, -0.1) is 0 Å². The van der Waals surface area contributed by atoms with Crippen molar-refractivity contribution in [2.75, 3.05) is 14.2 Å². The summed E-state index contributed by atoms with van der Waals surface area (Å²) in [5.41, 5.74) is 4.73. The highest BCUT2D eigenvalue weighted by atomic mass is 16.5. The first-order valence-corrected chi connectivity index (χ1v) is 8.45. The van der Waals surface area contributed by atoms with Crippen molar-refractivity contribution in [3.05, 3.63) is 75.1 Å². The van der Waals surface area contributed by atoms with E-state index in [0.717, 1.165) is 46.5 Å². The molecule has 3 aromatic rings. The molecule has 0 fully saturated rings. The molecule has 2 aromatic carbocycles. The number of ether oxygens (including phenoxy) is 1. The van der Waals surface area contributed by atoms with Crippen LogP contribution >= 0.6 is 0 Å². The summed E-state index contributed by atoms with van der Waals surface area (Å²) in [5.74, 6) is 0.894. The van der Waals surface area contributed by atoms with Crippen LogP contribution in [-0.2, 0) is 13.1 Å². The molecule has 1 aromatic heterocycles. The van der Waals surface area contributed by atoms with E-state index in [1.54, 1.807) is 13.2 Å². The van der Waals surface area contributed by atoms with Gasteiger partial charge in [0.15, 0.2) is 0 Å². The summed E-state index contributed by atoms with van der Waals surface area (Å²) >= 11 is 0. The van der Waals surface area contributed by atoms with Crippen LogP contribution in [-0.4, -0.2) is 14.2 Å². The lowest BCUT2D eigenvalue weighted by atomic mass is 10.0. The zero-order valence-electron chi connectivity index (χ0n) is 15.2. The van der Waals surface area contributed by atoms with Crippen LogP contribution in [0.1, 0.15) is 22.3 Å². The first-order valence-electron chi connectivity index (χ1n) is 8.45. The largest absolute Gasteiger partial charge is 0.496 e. The average molecular weight is 338 g/mol. The Hall–Kier alpha value is -2.59. The fraction of sp³-hybridized carbons (Fsp3) is 0.286. The van der Waals surface area contributed by atoms with E-state index in [2.05, 4.69) is 19.2 Å². The molecule has 0 spiro atoms. The number of nitrogens with one attached hydrogen (secondary N) is 1. The number of para-hydroxylation sites is 1. The molecule has 4 heteroatoms. The Labute approximate surface area is 147 Å². The van der Waals surface area contributed by atoms with Crippen molar-refractivity contribution in [1.82, 2.24) is 0 Å². The number of hydrogen-bond acceptors (Lipinski definition) is 3. The van der Waals surface area contributed by atoms with Gasteiger partial charge in [-0.05, 0) is 37.1 Å². The first kappa shape index (κ1) is 17.2. The van der Waals surface area contributed by atoms with Crippen LogP contribution in [0.15, 0.2) is 51.7 Å². The molecule has 130 valence electrons.